The molecule has 0 bridgehead atoms. The second-order valence-electron chi connectivity index (χ2n) is 8.67. The Morgan fingerprint density at radius 1 is 1.00 bits per heavy atom. The summed E-state index contributed by atoms with van der Waals surface area (Å²) in [6.07, 6.45) is 1.39. The first-order valence-corrected chi connectivity index (χ1v) is 11.7. The monoisotopic (exact) mass is 487 g/mol. The molecule has 1 N–H and O–H groups in total. The van der Waals surface area contributed by atoms with Crippen molar-refractivity contribution in [2.45, 2.75) is 19.4 Å². The van der Waals surface area contributed by atoms with Gasteiger partial charge in [-0.1, -0.05) is 28.4 Å². The summed E-state index contributed by atoms with van der Waals surface area (Å²) >= 11 is 12.0. The van der Waals surface area contributed by atoms with Gasteiger partial charge in [-0.3, -0.25) is 9.89 Å². The maximum absolute atomic E-state index is 13.0. The molecule has 0 spiro atoms. The van der Waals surface area contributed by atoms with E-state index < -0.39 is 0 Å². The van der Waals surface area contributed by atoms with E-state index in [1.807, 2.05) is 11.0 Å². The molecule has 2 atom stereocenters. The van der Waals surface area contributed by atoms with E-state index in [9.17, 15) is 9.59 Å². The Morgan fingerprint density at radius 2 is 1.70 bits per heavy atom. The highest BCUT2D eigenvalue weighted by molar-refractivity contribution is 6.34. The number of benzene rings is 2. The summed E-state index contributed by atoms with van der Waals surface area (Å²) in [5.41, 5.74) is 2.87. The van der Waals surface area contributed by atoms with Crippen LogP contribution in [0.3, 0.4) is 0 Å². The van der Waals surface area contributed by atoms with Crippen molar-refractivity contribution in [3.63, 3.8) is 0 Å². The van der Waals surface area contributed by atoms with Gasteiger partial charge in [0, 0.05) is 41.8 Å². The van der Waals surface area contributed by atoms with Gasteiger partial charge in [-0.15, -0.1) is 5.10 Å². The van der Waals surface area contributed by atoms with Gasteiger partial charge < -0.3 is 14.5 Å². The Bertz CT molecular complexity index is 1160. The first-order valence-electron chi connectivity index (χ1n) is 10.9. The maximum atomic E-state index is 13.0. The zero-order valence-corrected chi connectivity index (χ0v) is 19.3. The van der Waals surface area contributed by atoms with Crippen LogP contribution >= 0.6 is 23.2 Å². The third-order valence-corrected chi connectivity index (χ3v) is 6.96. The fraction of sp³-hybridized carbons (Fsp3) is 0.391. The topological polar surface area (TPSA) is 91.4 Å². The van der Waals surface area contributed by atoms with Crippen LogP contribution in [0.25, 0.3) is 11.0 Å². The zero-order valence-electron chi connectivity index (χ0n) is 17.8. The molecule has 2 aliphatic heterocycles. The number of likely N-dealkylation sites (tertiary alicyclic amines) is 2. The van der Waals surface area contributed by atoms with Crippen LogP contribution in [0.4, 0.5) is 4.79 Å². The van der Waals surface area contributed by atoms with Crippen molar-refractivity contribution in [1.82, 2.24) is 25.2 Å². The van der Waals surface area contributed by atoms with Crippen molar-refractivity contribution in [1.29, 1.82) is 0 Å². The number of carbonyl (C=O) groups excluding carboxylic acids is 2. The molecule has 2 amide bonds. The zero-order chi connectivity index (χ0) is 22.9. The molecule has 2 fully saturated rings. The van der Waals surface area contributed by atoms with Gasteiger partial charge in [-0.25, -0.2) is 4.79 Å². The van der Waals surface area contributed by atoms with Crippen LogP contribution in [0.15, 0.2) is 36.4 Å². The van der Waals surface area contributed by atoms with Crippen molar-refractivity contribution in [3.05, 3.63) is 57.6 Å². The van der Waals surface area contributed by atoms with Crippen LogP contribution in [0.5, 0.6) is 0 Å². The Labute approximate surface area is 200 Å². The van der Waals surface area contributed by atoms with Crippen LogP contribution in [0, 0.1) is 11.8 Å². The lowest BCUT2D eigenvalue weighted by Gasteiger charge is -2.22. The minimum atomic E-state index is -0.326. The van der Waals surface area contributed by atoms with Gasteiger partial charge in [0.05, 0.1) is 5.52 Å². The Morgan fingerprint density at radius 3 is 2.39 bits per heavy atom. The second kappa shape index (κ2) is 9.19. The summed E-state index contributed by atoms with van der Waals surface area (Å²) in [5.74, 6) is 0.722. The standard InChI is InChI=1S/C23H23Cl2N5O3/c24-18-7-14(8-19(25)10-18)13-33-23(32)30-11-16-3-5-29(6-4-17(16)12-30)22(31)15-1-2-20-21(9-15)27-28-26-20/h1-2,7-10,16-17H,3-6,11-13H2,(H,26,27,28). The van der Waals surface area contributed by atoms with E-state index in [0.29, 0.717) is 59.1 Å². The smallest absolute Gasteiger partial charge is 0.410 e. The average Bonchev–Trinajstić information content (AvgIpc) is 3.38. The van der Waals surface area contributed by atoms with Gasteiger partial charge in [0.1, 0.15) is 12.1 Å². The quantitative estimate of drug-likeness (QED) is 0.591. The molecular weight excluding hydrogens is 465 g/mol. The molecule has 3 heterocycles. The van der Waals surface area contributed by atoms with E-state index in [4.69, 9.17) is 27.9 Å². The van der Waals surface area contributed by atoms with Crippen molar-refractivity contribution in [3.8, 4) is 0 Å². The third-order valence-electron chi connectivity index (χ3n) is 6.52. The SMILES string of the molecule is O=C(OCc1cc(Cl)cc(Cl)c1)N1CC2CCN(C(=O)c3ccc4[nH]nnc4c3)CCC2C1. The molecule has 2 aliphatic rings. The molecule has 8 nitrogen and oxygen atoms in total. The minimum absolute atomic E-state index is 0.0105. The number of amides is 2. The molecule has 33 heavy (non-hydrogen) atoms. The van der Waals surface area contributed by atoms with Crippen molar-refractivity contribution >= 4 is 46.2 Å². The van der Waals surface area contributed by atoms with Crippen molar-refractivity contribution in [2.75, 3.05) is 26.2 Å². The van der Waals surface area contributed by atoms with Crippen LogP contribution in [0.2, 0.25) is 10.0 Å². The van der Waals surface area contributed by atoms with Crippen molar-refractivity contribution in [2.24, 2.45) is 11.8 Å². The summed E-state index contributed by atoms with van der Waals surface area (Å²) in [7, 11) is 0. The van der Waals surface area contributed by atoms with Gasteiger partial charge >= 0.3 is 6.09 Å². The predicted molar refractivity (Wildman–Crippen MR) is 124 cm³/mol. The maximum Gasteiger partial charge on any atom is 0.410 e. The molecule has 1 aromatic heterocycles. The molecular formula is C23H23Cl2N5O3. The van der Waals surface area contributed by atoms with Gasteiger partial charge in [-0.05, 0) is 66.6 Å². The molecule has 2 unspecified atom stereocenters. The first-order chi connectivity index (χ1) is 16.0. The summed E-state index contributed by atoms with van der Waals surface area (Å²) in [6.45, 7) is 2.75. The lowest BCUT2D eigenvalue weighted by atomic mass is 9.92. The number of aromatic amines is 1. The number of hydrogen-bond acceptors (Lipinski definition) is 5. The number of ether oxygens (including phenoxy) is 1. The van der Waals surface area contributed by atoms with Crippen molar-refractivity contribution < 1.29 is 14.3 Å². The molecule has 0 radical (unpaired) electrons. The highest BCUT2D eigenvalue weighted by atomic mass is 35.5. The molecule has 172 valence electrons. The summed E-state index contributed by atoms with van der Waals surface area (Å²) < 4.78 is 5.50. The summed E-state index contributed by atoms with van der Waals surface area (Å²) in [5, 5.41) is 11.6. The molecule has 5 rings (SSSR count). The van der Waals surface area contributed by atoms with Gasteiger partial charge in [0.25, 0.3) is 5.91 Å². The molecule has 0 saturated carbocycles. The largest absolute Gasteiger partial charge is 0.445 e. The summed E-state index contributed by atoms with van der Waals surface area (Å²) in [4.78, 5) is 29.3. The number of rotatable bonds is 3. The average molecular weight is 488 g/mol. The van der Waals surface area contributed by atoms with E-state index >= 15 is 0 Å². The molecule has 2 aromatic carbocycles. The Kier molecular flexibility index (Phi) is 6.12. The minimum Gasteiger partial charge on any atom is -0.445 e. The lowest BCUT2D eigenvalue weighted by Crippen LogP contribution is -2.34. The number of nitrogens with zero attached hydrogens (tertiary/aromatic N) is 4. The predicted octanol–water partition coefficient (Wildman–Crippen LogP) is 4.39. The highest BCUT2D eigenvalue weighted by Crippen LogP contribution is 2.33. The van der Waals surface area contributed by atoms with Crippen LogP contribution in [0.1, 0.15) is 28.8 Å². The van der Waals surface area contributed by atoms with Gasteiger partial charge in [0.15, 0.2) is 0 Å². The third kappa shape index (κ3) is 4.77. The highest BCUT2D eigenvalue weighted by Gasteiger charge is 2.38. The number of carbonyl (C=O) groups is 2. The van der Waals surface area contributed by atoms with Gasteiger partial charge in [-0.2, -0.15) is 0 Å². The fourth-order valence-corrected chi connectivity index (χ4v) is 5.36. The number of H-pyrrole nitrogens is 1. The number of hydrogen-bond donors (Lipinski definition) is 1. The van der Waals surface area contributed by atoms with E-state index in [-0.39, 0.29) is 18.6 Å². The van der Waals surface area contributed by atoms with E-state index in [1.165, 1.54) is 0 Å². The number of nitrogens with one attached hydrogen (secondary N) is 1. The molecule has 10 heteroatoms. The molecule has 3 aromatic rings. The second-order valence-corrected chi connectivity index (χ2v) is 9.54. The Hall–Kier alpha value is -2.84. The summed E-state index contributed by atoms with van der Waals surface area (Å²) in [6, 6.07) is 10.5. The number of fused-ring (bicyclic) bond motifs is 2. The normalized spacial score (nSPS) is 20.5. The number of halogens is 2. The first kappa shape index (κ1) is 22.0. The van der Waals surface area contributed by atoms with Gasteiger partial charge in [0.2, 0.25) is 0 Å². The molecule has 0 aliphatic carbocycles. The lowest BCUT2D eigenvalue weighted by molar-refractivity contribution is 0.0751. The van der Waals surface area contributed by atoms with Crippen LogP contribution in [-0.2, 0) is 11.3 Å². The van der Waals surface area contributed by atoms with E-state index in [0.717, 1.165) is 23.9 Å². The fourth-order valence-electron chi connectivity index (χ4n) is 4.79. The van der Waals surface area contributed by atoms with E-state index in [1.54, 1.807) is 35.2 Å². The van der Waals surface area contributed by atoms with E-state index in [2.05, 4.69) is 15.4 Å². The number of aromatic nitrogens is 3. The van der Waals surface area contributed by atoms with Crippen LogP contribution in [-0.4, -0.2) is 63.4 Å². The van der Waals surface area contributed by atoms with Crippen LogP contribution < -0.4 is 0 Å². The Balaban J connectivity index is 1.16. The molecule has 2 saturated heterocycles.